The second-order valence-electron chi connectivity index (χ2n) is 12.7. The van der Waals surface area contributed by atoms with Crippen molar-refractivity contribution < 1.29 is 24.2 Å². The van der Waals surface area contributed by atoms with Crippen LogP contribution in [0.4, 0.5) is 0 Å². The molecule has 2 aliphatic rings. The van der Waals surface area contributed by atoms with Crippen molar-refractivity contribution in [1.29, 1.82) is 0 Å². The van der Waals surface area contributed by atoms with Crippen molar-refractivity contribution in [2.24, 2.45) is 5.73 Å². The maximum Gasteiger partial charge on any atom is 0.303 e. The molecule has 0 aromatic carbocycles. The molecule has 2 aliphatic heterocycles. The summed E-state index contributed by atoms with van der Waals surface area (Å²) in [5.74, 6) is -0.973. The normalized spacial score (nSPS) is 12.8. The molecule has 0 spiro atoms. The molecule has 6 N–H and O–H groups in total. The minimum Gasteiger partial charge on any atom is -0.481 e. The Kier molecular flexibility index (Phi) is 12.2. The van der Waals surface area contributed by atoms with E-state index in [1.165, 1.54) is 0 Å². The number of nitrogens with zero attached hydrogens (tertiary/aromatic N) is 2. The fourth-order valence-electron chi connectivity index (χ4n) is 6.53. The standard InChI is InChI=1S/C40H48N6O5/c1-7-27-23(3)31-19-32-25(5)29(9-11-39(47)42-14-16-51-18-17-50-15-13-41)37(45-32)22-38-30(10-12-40(48)49)26(6)34(46-38)21-36-28(8-2)24(4)33(44-36)20-35(27)43-31/h7-8,19-22,43-44H,1-2,9-18,41H2,3-6H3,(H,42,47)(H,48,49). The number of fused-ring (bicyclic) bond motifs is 8. The molecule has 0 saturated heterocycles. The number of hydrogen-bond acceptors (Lipinski definition) is 7. The van der Waals surface area contributed by atoms with E-state index in [0.717, 1.165) is 78.0 Å². The van der Waals surface area contributed by atoms with Gasteiger partial charge in [0.25, 0.3) is 0 Å². The van der Waals surface area contributed by atoms with Gasteiger partial charge in [-0.1, -0.05) is 25.3 Å². The molecular formula is C40H48N6O5. The summed E-state index contributed by atoms with van der Waals surface area (Å²) in [5, 5.41) is 12.5. The third-order valence-electron chi connectivity index (χ3n) is 9.44. The highest BCUT2D eigenvalue weighted by Crippen LogP contribution is 2.38. The van der Waals surface area contributed by atoms with Crippen LogP contribution < -0.4 is 11.1 Å². The number of ether oxygens (including phenoxy) is 2. The predicted molar refractivity (Wildman–Crippen MR) is 205 cm³/mol. The molecule has 0 atom stereocenters. The Morgan fingerprint density at radius 1 is 0.745 bits per heavy atom. The number of allylic oxidation sites excluding steroid dienone is 4. The molecule has 51 heavy (non-hydrogen) atoms. The maximum atomic E-state index is 12.9. The molecule has 5 heterocycles. The summed E-state index contributed by atoms with van der Waals surface area (Å²) in [6.45, 7) is 18.9. The summed E-state index contributed by atoms with van der Waals surface area (Å²) in [6.07, 6.45) is 4.68. The Labute approximate surface area is 298 Å². The number of carbonyl (C=O) groups excluding carboxylic acids is 1. The van der Waals surface area contributed by atoms with E-state index in [1.54, 1.807) is 0 Å². The topological polar surface area (TPSA) is 168 Å². The van der Waals surface area contributed by atoms with Crippen LogP contribution in [0, 0.1) is 13.8 Å². The van der Waals surface area contributed by atoms with Gasteiger partial charge in [-0.15, -0.1) is 0 Å². The first kappa shape index (κ1) is 37.2. The van der Waals surface area contributed by atoms with Crippen LogP contribution in [0.3, 0.4) is 0 Å². The van der Waals surface area contributed by atoms with Crippen LogP contribution in [0.25, 0.3) is 56.5 Å². The molecule has 11 heteroatoms. The first-order valence-corrected chi connectivity index (χ1v) is 17.3. The molecule has 3 aromatic heterocycles. The van der Waals surface area contributed by atoms with Gasteiger partial charge in [0.2, 0.25) is 5.91 Å². The number of aromatic nitrogens is 4. The Morgan fingerprint density at radius 2 is 1.25 bits per heavy atom. The van der Waals surface area contributed by atoms with Gasteiger partial charge in [0.15, 0.2) is 0 Å². The van der Waals surface area contributed by atoms with Crippen LogP contribution in [0.2, 0.25) is 0 Å². The number of rotatable bonds is 16. The summed E-state index contributed by atoms with van der Waals surface area (Å²) in [7, 11) is 0. The Morgan fingerprint density at radius 3 is 1.80 bits per heavy atom. The van der Waals surface area contributed by atoms with E-state index in [2.05, 4.69) is 48.4 Å². The SMILES string of the molecule is C=Cc1c(C)c2cc3[nH]c(cc4nc(cc5nc(cc1[nH]2)C(C)=C5CCC(=O)O)C(CCC(=O)NCCOCCOCCN)=C4C)c(C)c3C=C. The highest BCUT2D eigenvalue weighted by atomic mass is 16.5. The Hall–Kier alpha value is -5.10. The van der Waals surface area contributed by atoms with E-state index in [0.29, 0.717) is 63.7 Å². The number of aryl methyl sites for hydroxylation is 2. The van der Waals surface area contributed by atoms with E-state index < -0.39 is 5.97 Å². The molecule has 0 unspecified atom stereocenters. The van der Waals surface area contributed by atoms with Gasteiger partial charge in [-0.3, -0.25) is 9.59 Å². The molecule has 5 rings (SSSR count). The predicted octanol–water partition coefficient (Wildman–Crippen LogP) is 6.83. The first-order valence-electron chi connectivity index (χ1n) is 17.3. The number of aromatic amines is 2. The highest BCUT2D eigenvalue weighted by Gasteiger charge is 2.23. The maximum absolute atomic E-state index is 12.9. The zero-order valence-electron chi connectivity index (χ0n) is 30.0. The number of H-pyrrole nitrogens is 2. The number of aliphatic carboxylic acids is 1. The quantitative estimate of drug-likeness (QED) is 0.102. The van der Waals surface area contributed by atoms with Gasteiger partial charge >= 0.3 is 5.97 Å². The molecule has 8 bridgehead atoms. The van der Waals surface area contributed by atoms with Gasteiger partial charge in [0, 0.05) is 59.1 Å². The summed E-state index contributed by atoms with van der Waals surface area (Å²) >= 11 is 0. The van der Waals surface area contributed by atoms with E-state index in [9.17, 15) is 14.7 Å². The van der Waals surface area contributed by atoms with Crippen molar-refractivity contribution in [3.8, 4) is 0 Å². The van der Waals surface area contributed by atoms with Crippen molar-refractivity contribution in [2.45, 2.75) is 53.4 Å². The fraction of sp³-hybridized carbons (Fsp3) is 0.350. The van der Waals surface area contributed by atoms with Crippen LogP contribution in [0.15, 0.2) is 37.4 Å². The molecule has 1 amide bonds. The number of hydrogen-bond donors (Lipinski definition) is 5. The number of carboxylic acid groups (broad SMARTS) is 1. The van der Waals surface area contributed by atoms with Crippen LogP contribution in [0.1, 0.15) is 84.6 Å². The van der Waals surface area contributed by atoms with Crippen LogP contribution in [-0.2, 0) is 19.1 Å². The zero-order chi connectivity index (χ0) is 36.7. The van der Waals surface area contributed by atoms with Gasteiger partial charge in [-0.25, -0.2) is 9.97 Å². The summed E-state index contributed by atoms with van der Waals surface area (Å²) in [6, 6.07) is 8.04. The molecule has 0 radical (unpaired) electrons. The second kappa shape index (κ2) is 16.7. The lowest BCUT2D eigenvalue weighted by molar-refractivity contribution is -0.136. The van der Waals surface area contributed by atoms with Gasteiger partial charge in [0.05, 0.1) is 49.2 Å². The Bertz CT molecular complexity index is 2080. The number of nitrogens with one attached hydrogen (secondary N) is 3. The molecule has 268 valence electrons. The molecule has 0 saturated carbocycles. The van der Waals surface area contributed by atoms with Gasteiger partial charge in [-0.05, 0) is 98.2 Å². The number of nitrogens with two attached hydrogens (primary N) is 1. The molecule has 0 fully saturated rings. The minimum atomic E-state index is -0.879. The summed E-state index contributed by atoms with van der Waals surface area (Å²) < 4.78 is 10.8. The third-order valence-corrected chi connectivity index (χ3v) is 9.44. The van der Waals surface area contributed by atoms with E-state index in [-0.39, 0.29) is 18.7 Å². The van der Waals surface area contributed by atoms with Crippen molar-refractivity contribution in [3.05, 3.63) is 82.5 Å². The number of carbonyl (C=O) groups is 2. The Balaban J connectivity index is 1.60. The third kappa shape index (κ3) is 8.45. The average Bonchev–Trinajstić information content (AvgIpc) is 3.76. The largest absolute Gasteiger partial charge is 0.481 e. The highest BCUT2D eigenvalue weighted by molar-refractivity contribution is 5.97. The molecule has 11 nitrogen and oxygen atoms in total. The van der Waals surface area contributed by atoms with Crippen LogP contribution in [-0.4, -0.2) is 76.4 Å². The smallest absolute Gasteiger partial charge is 0.303 e. The van der Waals surface area contributed by atoms with Crippen molar-refractivity contribution in [1.82, 2.24) is 25.3 Å². The van der Waals surface area contributed by atoms with E-state index in [1.807, 2.05) is 44.2 Å². The van der Waals surface area contributed by atoms with E-state index in [4.69, 9.17) is 25.2 Å². The summed E-state index contributed by atoms with van der Waals surface area (Å²) in [5.41, 5.74) is 19.6. The fourth-order valence-corrected chi connectivity index (χ4v) is 6.53. The van der Waals surface area contributed by atoms with Crippen molar-refractivity contribution >= 4 is 68.4 Å². The van der Waals surface area contributed by atoms with E-state index >= 15 is 0 Å². The monoisotopic (exact) mass is 692 g/mol. The van der Waals surface area contributed by atoms with Crippen molar-refractivity contribution in [3.63, 3.8) is 0 Å². The minimum absolute atomic E-state index is 0.0325. The second-order valence-corrected chi connectivity index (χ2v) is 12.7. The van der Waals surface area contributed by atoms with Gasteiger partial charge < -0.3 is 35.6 Å². The van der Waals surface area contributed by atoms with Crippen molar-refractivity contribution in [2.75, 3.05) is 39.5 Å². The lowest BCUT2D eigenvalue weighted by Gasteiger charge is -2.08. The number of amides is 1. The number of carboxylic acids is 1. The van der Waals surface area contributed by atoms with Crippen LogP contribution in [0.5, 0.6) is 0 Å². The van der Waals surface area contributed by atoms with Crippen LogP contribution >= 0.6 is 0 Å². The summed E-state index contributed by atoms with van der Waals surface area (Å²) in [4.78, 5) is 41.9. The average molecular weight is 693 g/mol. The first-order chi connectivity index (χ1) is 24.6. The lowest BCUT2D eigenvalue weighted by atomic mass is 9.98. The molecule has 3 aromatic rings. The lowest BCUT2D eigenvalue weighted by Crippen LogP contribution is -2.27. The van der Waals surface area contributed by atoms with Gasteiger partial charge in [-0.2, -0.15) is 0 Å². The molecule has 0 aliphatic carbocycles. The molecular weight excluding hydrogens is 644 g/mol. The zero-order valence-corrected chi connectivity index (χ0v) is 30.0. The van der Waals surface area contributed by atoms with Gasteiger partial charge in [0.1, 0.15) is 0 Å².